The van der Waals surface area contributed by atoms with Gasteiger partial charge in [-0.2, -0.15) is 5.10 Å². The van der Waals surface area contributed by atoms with Gasteiger partial charge in [0.1, 0.15) is 0 Å². The van der Waals surface area contributed by atoms with Gasteiger partial charge in [0, 0.05) is 18.9 Å². The number of para-hydroxylation sites is 1. The second kappa shape index (κ2) is 4.48. The van der Waals surface area contributed by atoms with Crippen molar-refractivity contribution in [3.63, 3.8) is 0 Å². The van der Waals surface area contributed by atoms with Gasteiger partial charge in [-0.05, 0) is 12.1 Å². The molecule has 0 unspecified atom stereocenters. The summed E-state index contributed by atoms with van der Waals surface area (Å²) in [5.41, 5.74) is 1.42. The van der Waals surface area contributed by atoms with E-state index < -0.39 is 0 Å². The molecule has 16 heavy (non-hydrogen) atoms. The van der Waals surface area contributed by atoms with Gasteiger partial charge < -0.3 is 10.6 Å². The number of rotatable bonds is 2. The molecule has 2 rings (SSSR count). The van der Waals surface area contributed by atoms with E-state index in [2.05, 4.69) is 15.7 Å². The second-order valence-corrected chi connectivity index (χ2v) is 3.35. The minimum Gasteiger partial charge on any atom is -0.308 e. The van der Waals surface area contributed by atoms with E-state index in [1.807, 2.05) is 30.3 Å². The van der Waals surface area contributed by atoms with E-state index >= 15 is 0 Å². The number of nitrogens with zero attached hydrogens (tertiary/aromatic N) is 2. The molecule has 82 valence electrons. The lowest BCUT2D eigenvalue weighted by atomic mass is 10.3. The first-order chi connectivity index (χ1) is 7.74. The maximum absolute atomic E-state index is 11.5. The highest BCUT2D eigenvalue weighted by Gasteiger charge is 2.02. The van der Waals surface area contributed by atoms with Gasteiger partial charge in [0.25, 0.3) is 0 Å². The number of benzene rings is 1. The predicted molar refractivity (Wildman–Crippen MR) is 62.3 cm³/mol. The zero-order valence-corrected chi connectivity index (χ0v) is 8.84. The molecule has 0 fully saturated rings. The third-order valence-electron chi connectivity index (χ3n) is 1.99. The second-order valence-electron chi connectivity index (χ2n) is 3.35. The Bertz CT molecular complexity index is 478. The number of urea groups is 1. The van der Waals surface area contributed by atoms with Crippen molar-refractivity contribution in [2.45, 2.75) is 0 Å². The molecule has 0 aliphatic rings. The average molecular weight is 216 g/mol. The van der Waals surface area contributed by atoms with Gasteiger partial charge in [0.15, 0.2) is 0 Å². The number of hydrogen-bond donors (Lipinski definition) is 2. The van der Waals surface area contributed by atoms with Crippen LogP contribution in [-0.4, -0.2) is 15.8 Å². The van der Waals surface area contributed by atoms with Crippen LogP contribution in [0.15, 0.2) is 42.7 Å². The van der Waals surface area contributed by atoms with Gasteiger partial charge in [0.2, 0.25) is 0 Å². The van der Waals surface area contributed by atoms with Crippen LogP contribution in [0.25, 0.3) is 0 Å². The smallest absolute Gasteiger partial charge is 0.308 e. The number of carbonyl (C=O) groups excluding carboxylic acids is 1. The summed E-state index contributed by atoms with van der Waals surface area (Å²) in [4.78, 5) is 11.5. The van der Waals surface area contributed by atoms with Crippen LogP contribution < -0.4 is 10.6 Å². The van der Waals surface area contributed by atoms with E-state index in [9.17, 15) is 4.79 Å². The van der Waals surface area contributed by atoms with Crippen molar-refractivity contribution in [2.75, 3.05) is 10.6 Å². The molecule has 0 saturated carbocycles. The Balaban J connectivity index is 1.95. The SMILES string of the molecule is Cn1cc(NC(=O)Nc2ccccc2)cn1. The molecule has 0 aliphatic carbocycles. The Morgan fingerprint density at radius 1 is 1.19 bits per heavy atom. The lowest BCUT2D eigenvalue weighted by Gasteiger charge is -2.04. The molecule has 0 aliphatic heterocycles. The third-order valence-corrected chi connectivity index (χ3v) is 1.99. The molecule has 0 spiro atoms. The standard InChI is InChI=1S/C11H12N4O/c1-15-8-10(7-12-15)14-11(16)13-9-5-3-2-4-6-9/h2-8H,1H3,(H2,13,14,16). The first-order valence-corrected chi connectivity index (χ1v) is 4.86. The maximum Gasteiger partial charge on any atom is 0.323 e. The Morgan fingerprint density at radius 2 is 1.88 bits per heavy atom. The Morgan fingerprint density at radius 3 is 2.50 bits per heavy atom. The van der Waals surface area contributed by atoms with Crippen molar-refractivity contribution in [2.24, 2.45) is 7.05 Å². The molecule has 0 radical (unpaired) electrons. The highest BCUT2D eigenvalue weighted by molar-refractivity contribution is 5.99. The number of carbonyl (C=O) groups is 1. The monoisotopic (exact) mass is 216 g/mol. The molecule has 1 aromatic heterocycles. The molecule has 5 nitrogen and oxygen atoms in total. The molecule has 2 aromatic rings. The predicted octanol–water partition coefficient (Wildman–Crippen LogP) is 2.06. The van der Waals surface area contributed by atoms with Gasteiger partial charge in [-0.15, -0.1) is 0 Å². The zero-order chi connectivity index (χ0) is 11.4. The Kier molecular flexibility index (Phi) is 2.86. The Labute approximate surface area is 93.1 Å². The van der Waals surface area contributed by atoms with E-state index in [0.717, 1.165) is 5.69 Å². The van der Waals surface area contributed by atoms with E-state index in [4.69, 9.17) is 0 Å². The van der Waals surface area contributed by atoms with E-state index in [1.54, 1.807) is 24.1 Å². The number of amides is 2. The largest absolute Gasteiger partial charge is 0.323 e. The third kappa shape index (κ3) is 2.60. The quantitative estimate of drug-likeness (QED) is 0.807. The molecule has 2 amide bonds. The van der Waals surface area contributed by atoms with Gasteiger partial charge in [0.05, 0.1) is 11.9 Å². The van der Waals surface area contributed by atoms with Crippen LogP contribution in [0.1, 0.15) is 0 Å². The van der Waals surface area contributed by atoms with E-state index in [-0.39, 0.29) is 6.03 Å². The molecule has 0 saturated heterocycles. The molecular formula is C11H12N4O. The van der Waals surface area contributed by atoms with Crippen molar-refractivity contribution in [1.29, 1.82) is 0 Å². The van der Waals surface area contributed by atoms with Crippen molar-refractivity contribution < 1.29 is 4.79 Å². The molecule has 0 atom stereocenters. The van der Waals surface area contributed by atoms with Crippen LogP contribution in [0.3, 0.4) is 0 Å². The van der Waals surface area contributed by atoms with Crippen LogP contribution in [0.2, 0.25) is 0 Å². The summed E-state index contributed by atoms with van der Waals surface area (Å²) >= 11 is 0. The number of aromatic nitrogens is 2. The van der Waals surface area contributed by atoms with Gasteiger partial charge in [-0.25, -0.2) is 4.79 Å². The van der Waals surface area contributed by atoms with Crippen LogP contribution in [0.4, 0.5) is 16.2 Å². The number of anilines is 2. The summed E-state index contributed by atoms with van der Waals surface area (Å²) in [6, 6.07) is 8.98. The molecule has 0 bridgehead atoms. The number of aryl methyl sites for hydroxylation is 1. The molecule has 1 aromatic carbocycles. The lowest BCUT2D eigenvalue weighted by Crippen LogP contribution is -2.18. The first-order valence-electron chi connectivity index (χ1n) is 4.86. The average Bonchev–Trinajstić information content (AvgIpc) is 2.65. The van der Waals surface area contributed by atoms with E-state index in [0.29, 0.717) is 5.69 Å². The molecular weight excluding hydrogens is 204 g/mol. The van der Waals surface area contributed by atoms with Crippen molar-refractivity contribution in [3.05, 3.63) is 42.7 Å². The number of hydrogen-bond acceptors (Lipinski definition) is 2. The fourth-order valence-corrected chi connectivity index (χ4v) is 1.30. The van der Waals surface area contributed by atoms with Crippen LogP contribution in [0.5, 0.6) is 0 Å². The summed E-state index contributed by atoms with van der Waals surface area (Å²) in [5, 5.41) is 9.34. The van der Waals surface area contributed by atoms with E-state index in [1.165, 1.54) is 0 Å². The molecule has 1 heterocycles. The summed E-state index contributed by atoms with van der Waals surface area (Å²) in [6.45, 7) is 0. The Hall–Kier alpha value is -2.30. The highest BCUT2D eigenvalue weighted by atomic mass is 16.2. The van der Waals surface area contributed by atoms with Crippen molar-refractivity contribution in [1.82, 2.24) is 9.78 Å². The minimum absolute atomic E-state index is 0.279. The summed E-state index contributed by atoms with van der Waals surface area (Å²) in [7, 11) is 1.79. The molecule has 2 N–H and O–H groups in total. The van der Waals surface area contributed by atoms with Gasteiger partial charge in [-0.3, -0.25) is 4.68 Å². The van der Waals surface area contributed by atoms with Gasteiger partial charge >= 0.3 is 6.03 Å². The minimum atomic E-state index is -0.279. The first kappa shape index (κ1) is 10.2. The zero-order valence-electron chi connectivity index (χ0n) is 8.84. The fraction of sp³-hybridized carbons (Fsp3) is 0.0909. The van der Waals surface area contributed by atoms with Crippen molar-refractivity contribution >= 4 is 17.4 Å². The maximum atomic E-state index is 11.5. The fourth-order valence-electron chi connectivity index (χ4n) is 1.30. The topological polar surface area (TPSA) is 59.0 Å². The normalized spacial score (nSPS) is 9.81. The summed E-state index contributed by atoms with van der Waals surface area (Å²) < 4.78 is 1.62. The number of nitrogens with one attached hydrogen (secondary N) is 2. The van der Waals surface area contributed by atoms with Crippen LogP contribution in [0, 0.1) is 0 Å². The highest BCUT2D eigenvalue weighted by Crippen LogP contribution is 2.07. The molecule has 5 heteroatoms. The lowest BCUT2D eigenvalue weighted by molar-refractivity contribution is 0.262. The summed E-state index contributed by atoms with van der Waals surface area (Å²) in [5.74, 6) is 0. The van der Waals surface area contributed by atoms with Crippen LogP contribution in [-0.2, 0) is 7.05 Å². The van der Waals surface area contributed by atoms with Gasteiger partial charge in [-0.1, -0.05) is 18.2 Å². The summed E-state index contributed by atoms with van der Waals surface area (Å²) in [6.07, 6.45) is 3.31. The van der Waals surface area contributed by atoms with Crippen LogP contribution >= 0.6 is 0 Å². The van der Waals surface area contributed by atoms with Crippen molar-refractivity contribution in [3.8, 4) is 0 Å².